The van der Waals surface area contributed by atoms with Gasteiger partial charge in [-0.2, -0.15) is 0 Å². The highest BCUT2D eigenvalue weighted by Gasteiger charge is 2.75. The van der Waals surface area contributed by atoms with E-state index in [1.165, 1.54) is 6.92 Å². The number of ketones is 2. The SMILES string of the molecule is C[C@@H]1C[C@H]2[C@@H]3CCC4=CC(=O)C(OP(=O)(O)O)=C[C@]4(C)[C@@]3(F)[C@@H](O)C[C@]2(C)[C@@]1(O)C(=O)CO. The number of carbonyl (C=O) groups excluding carboxylic acids is 2. The predicted octanol–water partition coefficient (Wildman–Crippen LogP) is 1.33. The van der Waals surface area contributed by atoms with Gasteiger partial charge in [0.2, 0.25) is 5.78 Å². The van der Waals surface area contributed by atoms with E-state index in [4.69, 9.17) is 0 Å². The van der Waals surface area contributed by atoms with Crippen molar-refractivity contribution < 1.29 is 48.2 Å². The number of rotatable bonds is 4. The summed E-state index contributed by atoms with van der Waals surface area (Å²) in [6.45, 7) is 3.91. The van der Waals surface area contributed by atoms with Gasteiger partial charge in [0.1, 0.15) is 12.2 Å². The smallest absolute Gasteiger partial charge is 0.400 e. The molecule has 0 aromatic heterocycles. The molecule has 4 rings (SSSR count). The Morgan fingerprint density at radius 2 is 1.94 bits per heavy atom. The third-order valence-electron chi connectivity index (χ3n) is 9.08. The minimum atomic E-state index is -5.09. The van der Waals surface area contributed by atoms with Crippen molar-refractivity contribution in [3.8, 4) is 0 Å². The van der Waals surface area contributed by atoms with Crippen LogP contribution in [0.3, 0.4) is 0 Å². The molecule has 3 fully saturated rings. The van der Waals surface area contributed by atoms with Gasteiger partial charge < -0.3 is 19.8 Å². The number of Topliss-reactive ketones (excluding diaryl/α,β-unsaturated/α-hetero) is 1. The quantitative estimate of drug-likeness (QED) is 0.368. The van der Waals surface area contributed by atoms with E-state index in [1.54, 1.807) is 13.8 Å². The maximum absolute atomic E-state index is 17.2. The highest BCUT2D eigenvalue weighted by atomic mass is 31.2. The van der Waals surface area contributed by atoms with E-state index in [0.29, 0.717) is 18.4 Å². The molecule has 0 radical (unpaired) electrons. The molecule has 0 aromatic carbocycles. The third kappa shape index (κ3) is 3.04. The molecule has 184 valence electrons. The normalized spacial score (nSPS) is 47.1. The predicted molar refractivity (Wildman–Crippen MR) is 112 cm³/mol. The Morgan fingerprint density at radius 1 is 1.30 bits per heavy atom. The summed E-state index contributed by atoms with van der Waals surface area (Å²) in [5.74, 6) is -4.15. The molecule has 0 aliphatic heterocycles. The Kier molecular flexibility index (Phi) is 5.46. The average Bonchev–Trinajstić information content (AvgIpc) is 2.90. The van der Waals surface area contributed by atoms with Crippen LogP contribution in [0.15, 0.2) is 23.5 Å². The van der Waals surface area contributed by atoms with E-state index in [9.17, 15) is 39.3 Å². The summed E-state index contributed by atoms with van der Waals surface area (Å²) in [5.41, 5.74) is -6.68. The Morgan fingerprint density at radius 3 is 2.52 bits per heavy atom. The van der Waals surface area contributed by atoms with Crippen molar-refractivity contribution in [2.75, 3.05) is 6.61 Å². The number of hydrogen-bond donors (Lipinski definition) is 5. The summed E-state index contributed by atoms with van der Waals surface area (Å²) in [7, 11) is -5.09. The summed E-state index contributed by atoms with van der Waals surface area (Å²) in [6.07, 6.45) is 1.08. The van der Waals surface area contributed by atoms with Crippen molar-refractivity contribution >= 4 is 19.4 Å². The summed E-state index contributed by atoms with van der Waals surface area (Å²) < 4.78 is 33.1. The van der Waals surface area contributed by atoms with Gasteiger partial charge in [0.05, 0.1) is 6.10 Å². The Bertz CT molecular complexity index is 1020. The van der Waals surface area contributed by atoms with Crippen LogP contribution in [-0.4, -0.2) is 60.7 Å². The topological polar surface area (TPSA) is 162 Å². The lowest BCUT2D eigenvalue weighted by atomic mass is 9.44. The fraction of sp³-hybridized carbons (Fsp3) is 0.727. The first kappa shape index (κ1) is 24.7. The van der Waals surface area contributed by atoms with Crippen LogP contribution in [-0.2, 0) is 18.7 Å². The molecule has 0 unspecified atom stereocenters. The number of alkyl halides is 1. The van der Waals surface area contributed by atoms with Crippen LogP contribution < -0.4 is 0 Å². The van der Waals surface area contributed by atoms with Gasteiger partial charge in [-0.1, -0.05) is 19.4 Å². The van der Waals surface area contributed by atoms with Crippen LogP contribution in [0, 0.1) is 28.6 Å². The van der Waals surface area contributed by atoms with Gasteiger partial charge in [0.15, 0.2) is 17.2 Å². The number of halogens is 1. The molecule has 3 saturated carbocycles. The first-order chi connectivity index (χ1) is 15.1. The number of phosphoric ester groups is 1. The summed E-state index contributed by atoms with van der Waals surface area (Å²) in [4.78, 5) is 43.4. The van der Waals surface area contributed by atoms with E-state index in [1.807, 2.05) is 0 Å². The van der Waals surface area contributed by atoms with Crippen molar-refractivity contribution in [2.45, 2.75) is 63.8 Å². The number of hydrogen-bond acceptors (Lipinski definition) is 7. The number of fused-ring (bicyclic) bond motifs is 5. The van der Waals surface area contributed by atoms with Crippen molar-refractivity contribution in [1.82, 2.24) is 0 Å². The van der Waals surface area contributed by atoms with Crippen molar-refractivity contribution in [2.24, 2.45) is 28.6 Å². The zero-order chi connectivity index (χ0) is 24.8. The number of carbonyl (C=O) groups is 2. The van der Waals surface area contributed by atoms with Gasteiger partial charge >= 0.3 is 7.82 Å². The highest BCUT2D eigenvalue weighted by Crippen LogP contribution is 2.71. The monoisotopic (exact) mass is 488 g/mol. The standard InChI is InChI=1S/C22H30FO9P/c1-11-6-14-13-5-4-12-7-15(25)16(32-33(29,30)31)8-19(12,2)21(13,23)17(26)9-20(14,3)22(11,28)18(27)10-24/h7-8,11,13-14,17,24,26,28H,4-6,9-10H2,1-3H3,(H2,29,30,31)/t11-,13+,14+,17+,19+,20+,21+,22+/m1/s1. The molecule has 5 N–H and O–H groups in total. The van der Waals surface area contributed by atoms with Crippen LogP contribution in [0.4, 0.5) is 4.39 Å². The summed E-state index contributed by atoms with van der Waals surface area (Å²) >= 11 is 0. The minimum Gasteiger partial charge on any atom is -0.400 e. The Hall–Kier alpha value is -1.42. The lowest BCUT2D eigenvalue weighted by Crippen LogP contribution is -2.69. The highest BCUT2D eigenvalue weighted by molar-refractivity contribution is 7.46. The van der Waals surface area contributed by atoms with Crippen molar-refractivity contribution in [1.29, 1.82) is 0 Å². The average molecular weight is 488 g/mol. The van der Waals surface area contributed by atoms with Gasteiger partial charge in [-0.25, -0.2) is 8.96 Å². The molecule has 9 nitrogen and oxygen atoms in total. The molecule has 0 spiro atoms. The molecule has 8 atom stereocenters. The Labute approximate surface area is 190 Å². The molecule has 0 heterocycles. The molecule has 4 aliphatic carbocycles. The van der Waals surface area contributed by atoms with Gasteiger partial charge in [-0.3, -0.25) is 19.4 Å². The number of allylic oxidation sites excluding steroid dienone is 3. The zero-order valence-corrected chi connectivity index (χ0v) is 19.6. The summed E-state index contributed by atoms with van der Waals surface area (Å²) in [5, 5.41) is 32.2. The second kappa shape index (κ2) is 7.29. The lowest BCUT2D eigenvalue weighted by Gasteiger charge is -2.62. The number of aliphatic hydroxyl groups is 3. The molecule has 11 heteroatoms. The van der Waals surface area contributed by atoms with E-state index >= 15 is 4.39 Å². The largest absolute Gasteiger partial charge is 0.524 e. The van der Waals surface area contributed by atoms with Gasteiger partial charge in [0.25, 0.3) is 0 Å². The fourth-order valence-electron chi connectivity index (χ4n) is 7.52. The molecular weight excluding hydrogens is 458 g/mol. The van der Waals surface area contributed by atoms with E-state index < -0.39 is 77.7 Å². The van der Waals surface area contributed by atoms with Crippen LogP contribution in [0.1, 0.15) is 46.5 Å². The fourth-order valence-corrected chi connectivity index (χ4v) is 7.92. The second-order valence-corrected chi connectivity index (χ2v) is 11.6. The molecule has 0 saturated heterocycles. The molecule has 0 amide bonds. The minimum absolute atomic E-state index is 0.251. The van der Waals surface area contributed by atoms with Crippen LogP contribution >= 0.6 is 7.82 Å². The van der Waals surface area contributed by atoms with Crippen molar-refractivity contribution in [3.63, 3.8) is 0 Å². The van der Waals surface area contributed by atoms with Crippen LogP contribution in [0.5, 0.6) is 0 Å². The maximum atomic E-state index is 17.2. The number of aliphatic hydroxyl groups excluding tert-OH is 2. The van der Waals surface area contributed by atoms with Crippen LogP contribution in [0.25, 0.3) is 0 Å². The van der Waals surface area contributed by atoms with E-state index in [-0.39, 0.29) is 12.8 Å². The molecule has 33 heavy (non-hydrogen) atoms. The first-order valence-electron chi connectivity index (χ1n) is 11.0. The second-order valence-electron chi connectivity index (χ2n) is 10.5. The first-order valence-corrected chi connectivity index (χ1v) is 12.6. The third-order valence-corrected chi connectivity index (χ3v) is 9.51. The molecule has 4 aliphatic rings. The molecule has 0 aromatic rings. The van der Waals surface area contributed by atoms with E-state index in [2.05, 4.69) is 4.52 Å². The zero-order valence-electron chi connectivity index (χ0n) is 18.7. The van der Waals surface area contributed by atoms with Crippen molar-refractivity contribution in [3.05, 3.63) is 23.5 Å². The number of phosphoric acid groups is 1. The van der Waals surface area contributed by atoms with Gasteiger partial charge in [0, 0.05) is 16.7 Å². The lowest BCUT2D eigenvalue weighted by molar-refractivity contribution is -0.219. The molecular formula is C22H30FO9P. The van der Waals surface area contributed by atoms with Crippen LogP contribution in [0.2, 0.25) is 0 Å². The van der Waals surface area contributed by atoms with Gasteiger partial charge in [-0.05, 0) is 56.6 Å². The Balaban J connectivity index is 1.83. The maximum Gasteiger partial charge on any atom is 0.524 e. The van der Waals surface area contributed by atoms with E-state index in [0.717, 1.165) is 12.2 Å². The summed E-state index contributed by atoms with van der Waals surface area (Å²) in [6, 6.07) is 0. The molecule has 0 bridgehead atoms. The van der Waals surface area contributed by atoms with Gasteiger partial charge in [-0.15, -0.1) is 0 Å².